The molecule has 0 radical (unpaired) electrons. The highest BCUT2D eigenvalue weighted by Crippen LogP contribution is 2.14. The summed E-state index contributed by atoms with van der Waals surface area (Å²) in [6.07, 6.45) is 1.51. The van der Waals surface area contributed by atoms with E-state index >= 15 is 0 Å². The number of nitrogens with zero attached hydrogens (tertiary/aromatic N) is 2. The van der Waals surface area contributed by atoms with Crippen LogP contribution in [-0.4, -0.2) is 24.1 Å². The van der Waals surface area contributed by atoms with E-state index in [2.05, 4.69) is 10.4 Å². The Morgan fingerprint density at radius 1 is 1.44 bits per heavy atom. The minimum atomic E-state index is -3.95. The molecule has 8 nitrogen and oxygen atoms in total. The molecule has 0 bridgehead atoms. The summed E-state index contributed by atoms with van der Waals surface area (Å²) in [5.74, 6) is -0.290. The molecule has 0 unspecified atom stereocenters. The first kappa shape index (κ1) is 12.3. The second-order valence-electron chi connectivity index (χ2n) is 3.46. The van der Waals surface area contributed by atoms with Crippen molar-refractivity contribution in [3.05, 3.63) is 30.2 Å². The molecular weight excluding hydrogens is 260 g/mol. The van der Waals surface area contributed by atoms with Gasteiger partial charge in [0.25, 0.3) is 15.9 Å². The molecule has 2 aromatic heterocycles. The summed E-state index contributed by atoms with van der Waals surface area (Å²) in [7, 11) is -2.30. The number of rotatable bonds is 3. The standard InChI is InChI=1S/C9H10N4O4S/c1-13-7(4-5-11-13)12-9(14)6-2-3-8(17-6)18(10,15)16/h2-5H,1H3,(H,12,14)(H2,10,15,16). The second-order valence-corrected chi connectivity index (χ2v) is 4.95. The van der Waals surface area contributed by atoms with E-state index in [1.54, 1.807) is 13.1 Å². The molecule has 3 N–H and O–H groups in total. The van der Waals surface area contributed by atoms with Gasteiger partial charge in [0.1, 0.15) is 5.82 Å². The highest BCUT2D eigenvalue weighted by molar-refractivity contribution is 7.89. The van der Waals surface area contributed by atoms with Crippen LogP contribution in [0, 0.1) is 0 Å². The Hall–Kier alpha value is -2.13. The minimum Gasteiger partial charge on any atom is -0.438 e. The highest BCUT2D eigenvalue weighted by Gasteiger charge is 2.18. The Morgan fingerprint density at radius 2 is 2.17 bits per heavy atom. The lowest BCUT2D eigenvalue weighted by molar-refractivity contribution is 0.0990. The Kier molecular flexibility index (Phi) is 2.93. The van der Waals surface area contributed by atoms with E-state index in [0.717, 1.165) is 6.07 Å². The number of amides is 1. The lowest BCUT2D eigenvalue weighted by Gasteiger charge is -2.02. The van der Waals surface area contributed by atoms with Crippen LogP contribution in [0.15, 0.2) is 33.9 Å². The molecule has 2 rings (SSSR count). The summed E-state index contributed by atoms with van der Waals surface area (Å²) in [6, 6.07) is 3.93. The fraction of sp³-hybridized carbons (Fsp3) is 0.111. The Labute approximate surface area is 102 Å². The van der Waals surface area contributed by atoms with Crippen LogP contribution in [-0.2, 0) is 17.1 Å². The third-order valence-corrected chi connectivity index (χ3v) is 2.93. The van der Waals surface area contributed by atoms with Gasteiger partial charge in [-0.25, -0.2) is 13.6 Å². The summed E-state index contributed by atoms with van der Waals surface area (Å²) in [4.78, 5) is 11.7. The fourth-order valence-electron chi connectivity index (χ4n) is 1.27. The molecule has 0 aromatic carbocycles. The largest absolute Gasteiger partial charge is 0.438 e. The lowest BCUT2D eigenvalue weighted by Crippen LogP contribution is -2.14. The molecule has 0 saturated heterocycles. The number of aromatic nitrogens is 2. The van der Waals surface area contributed by atoms with Crippen molar-refractivity contribution in [1.82, 2.24) is 9.78 Å². The highest BCUT2D eigenvalue weighted by atomic mass is 32.2. The van der Waals surface area contributed by atoms with Gasteiger partial charge in [-0.05, 0) is 12.1 Å². The zero-order valence-corrected chi connectivity index (χ0v) is 10.1. The van der Waals surface area contributed by atoms with Crippen LogP contribution in [0.4, 0.5) is 5.82 Å². The third kappa shape index (κ3) is 2.41. The van der Waals surface area contributed by atoms with Gasteiger partial charge in [0.15, 0.2) is 5.76 Å². The smallest absolute Gasteiger partial charge is 0.292 e. The monoisotopic (exact) mass is 270 g/mol. The quantitative estimate of drug-likeness (QED) is 0.807. The molecule has 0 atom stereocenters. The second kappa shape index (κ2) is 4.27. The number of carbonyl (C=O) groups excluding carboxylic acids is 1. The maximum Gasteiger partial charge on any atom is 0.292 e. The average molecular weight is 270 g/mol. The van der Waals surface area contributed by atoms with E-state index in [1.807, 2.05) is 0 Å². The maximum absolute atomic E-state index is 11.7. The minimum absolute atomic E-state index is 0.153. The van der Waals surface area contributed by atoms with E-state index < -0.39 is 21.0 Å². The molecule has 18 heavy (non-hydrogen) atoms. The predicted molar refractivity (Wildman–Crippen MR) is 61.2 cm³/mol. The molecule has 0 saturated carbocycles. The number of aryl methyl sites for hydroxylation is 1. The summed E-state index contributed by atoms with van der Waals surface area (Å²) in [5, 5.41) is 10.8. The first-order valence-corrected chi connectivity index (χ1v) is 6.34. The van der Waals surface area contributed by atoms with Crippen molar-refractivity contribution in [3.8, 4) is 0 Å². The molecule has 0 aliphatic rings. The molecule has 0 aliphatic carbocycles. The first-order chi connectivity index (χ1) is 8.38. The fourth-order valence-corrected chi connectivity index (χ4v) is 1.73. The zero-order chi connectivity index (χ0) is 13.3. The van der Waals surface area contributed by atoms with E-state index in [9.17, 15) is 13.2 Å². The first-order valence-electron chi connectivity index (χ1n) is 4.80. The third-order valence-electron chi connectivity index (χ3n) is 2.15. The van der Waals surface area contributed by atoms with Crippen LogP contribution in [0.5, 0.6) is 0 Å². The van der Waals surface area contributed by atoms with Gasteiger partial charge in [0.05, 0.1) is 6.20 Å². The van der Waals surface area contributed by atoms with Crippen LogP contribution in [0.3, 0.4) is 0 Å². The maximum atomic E-state index is 11.7. The summed E-state index contributed by atoms with van der Waals surface area (Å²) < 4.78 is 28.2. The number of sulfonamides is 1. The topological polar surface area (TPSA) is 120 Å². The Balaban J connectivity index is 2.20. The normalized spacial score (nSPS) is 11.4. The number of hydrogen-bond acceptors (Lipinski definition) is 5. The number of nitrogens with two attached hydrogens (primary N) is 1. The van der Waals surface area contributed by atoms with Gasteiger partial charge in [-0.3, -0.25) is 9.48 Å². The van der Waals surface area contributed by atoms with E-state index in [0.29, 0.717) is 5.82 Å². The van der Waals surface area contributed by atoms with Crippen LogP contribution in [0.2, 0.25) is 0 Å². The number of carbonyl (C=O) groups is 1. The van der Waals surface area contributed by atoms with Gasteiger partial charge in [-0.1, -0.05) is 0 Å². The lowest BCUT2D eigenvalue weighted by atomic mass is 10.4. The number of hydrogen-bond donors (Lipinski definition) is 2. The number of nitrogens with one attached hydrogen (secondary N) is 1. The molecule has 96 valence electrons. The van der Waals surface area contributed by atoms with Crippen LogP contribution < -0.4 is 10.5 Å². The number of furan rings is 1. The van der Waals surface area contributed by atoms with Gasteiger partial charge in [-0.2, -0.15) is 5.10 Å². The Bertz CT molecular complexity index is 685. The van der Waals surface area contributed by atoms with Crippen LogP contribution in [0.25, 0.3) is 0 Å². The molecule has 2 aromatic rings. The van der Waals surface area contributed by atoms with Gasteiger partial charge in [-0.15, -0.1) is 0 Å². The van der Waals surface area contributed by atoms with Crippen molar-refractivity contribution >= 4 is 21.7 Å². The molecule has 1 amide bonds. The average Bonchev–Trinajstić information content (AvgIpc) is 2.87. The number of anilines is 1. The van der Waals surface area contributed by atoms with Crippen molar-refractivity contribution in [3.63, 3.8) is 0 Å². The van der Waals surface area contributed by atoms with Crippen molar-refractivity contribution in [2.75, 3.05) is 5.32 Å². The van der Waals surface area contributed by atoms with Crippen LogP contribution >= 0.6 is 0 Å². The molecule has 0 fully saturated rings. The van der Waals surface area contributed by atoms with Crippen LogP contribution in [0.1, 0.15) is 10.6 Å². The van der Waals surface area contributed by atoms with Crippen molar-refractivity contribution in [1.29, 1.82) is 0 Å². The van der Waals surface area contributed by atoms with E-state index in [4.69, 9.17) is 9.56 Å². The zero-order valence-electron chi connectivity index (χ0n) is 9.32. The molecule has 9 heteroatoms. The predicted octanol–water partition coefficient (Wildman–Crippen LogP) is -0.0872. The molecular formula is C9H10N4O4S. The molecule has 2 heterocycles. The van der Waals surface area contributed by atoms with Gasteiger partial charge < -0.3 is 9.73 Å². The summed E-state index contributed by atoms with van der Waals surface area (Å²) >= 11 is 0. The van der Waals surface area contributed by atoms with Crippen molar-refractivity contribution < 1.29 is 17.6 Å². The van der Waals surface area contributed by atoms with E-state index in [1.165, 1.54) is 16.9 Å². The van der Waals surface area contributed by atoms with Gasteiger partial charge in [0, 0.05) is 13.1 Å². The summed E-state index contributed by atoms with van der Waals surface area (Å²) in [6.45, 7) is 0. The summed E-state index contributed by atoms with van der Waals surface area (Å²) in [5.41, 5.74) is 0. The van der Waals surface area contributed by atoms with E-state index in [-0.39, 0.29) is 5.76 Å². The van der Waals surface area contributed by atoms with Gasteiger partial charge in [0.2, 0.25) is 5.09 Å². The number of primary sulfonamides is 1. The van der Waals surface area contributed by atoms with Crippen molar-refractivity contribution in [2.45, 2.75) is 5.09 Å². The van der Waals surface area contributed by atoms with Crippen molar-refractivity contribution in [2.24, 2.45) is 12.2 Å². The molecule has 0 spiro atoms. The molecule has 0 aliphatic heterocycles. The van der Waals surface area contributed by atoms with Gasteiger partial charge >= 0.3 is 0 Å². The Morgan fingerprint density at radius 3 is 2.67 bits per heavy atom. The SMILES string of the molecule is Cn1nccc1NC(=O)c1ccc(S(N)(=O)=O)o1.